The maximum Gasteiger partial charge on any atom is 0.224 e. The maximum absolute atomic E-state index is 12.2. The Hall–Kier alpha value is -1.42. The van der Waals surface area contributed by atoms with Gasteiger partial charge in [-0.05, 0) is 39.3 Å². The van der Waals surface area contributed by atoms with Crippen molar-refractivity contribution >= 4 is 5.91 Å². The fourth-order valence-corrected chi connectivity index (χ4v) is 3.72. The standard InChI is InChI=1S/C16H23N3O/c1-11(2)19-14-7-8-18(15(14)9-16(19)20)10-13-6-4-5-12(3)17-13/h4-6,11,14-15H,7-10H2,1-3H3/t14-,15-/m0/s1. The second-order valence-corrected chi connectivity index (χ2v) is 6.26. The molecule has 2 aliphatic heterocycles. The second kappa shape index (κ2) is 5.17. The zero-order chi connectivity index (χ0) is 14.3. The van der Waals surface area contributed by atoms with Gasteiger partial charge in [0.15, 0.2) is 0 Å². The van der Waals surface area contributed by atoms with E-state index >= 15 is 0 Å². The molecule has 2 atom stereocenters. The quantitative estimate of drug-likeness (QED) is 0.845. The monoisotopic (exact) mass is 273 g/mol. The van der Waals surface area contributed by atoms with Gasteiger partial charge < -0.3 is 4.90 Å². The highest BCUT2D eigenvalue weighted by Crippen LogP contribution is 2.34. The molecule has 20 heavy (non-hydrogen) atoms. The Morgan fingerprint density at radius 2 is 2.15 bits per heavy atom. The van der Waals surface area contributed by atoms with Gasteiger partial charge in [0.2, 0.25) is 5.91 Å². The largest absolute Gasteiger partial charge is 0.336 e. The molecular formula is C16H23N3O. The first-order valence-electron chi connectivity index (χ1n) is 7.54. The highest BCUT2D eigenvalue weighted by atomic mass is 16.2. The van der Waals surface area contributed by atoms with Crippen LogP contribution in [0, 0.1) is 6.92 Å². The summed E-state index contributed by atoms with van der Waals surface area (Å²) < 4.78 is 0. The number of pyridine rings is 1. The van der Waals surface area contributed by atoms with Crippen molar-refractivity contribution < 1.29 is 4.79 Å². The molecule has 1 amide bonds. The van der Waals surface area contributed by atoms with Crippen molar-refractivity contribution in [2.24, 2.45) is 0 Å². The molecule has 108 valence electrons. The van der Waals surface area contributed by atoms with Crippen LogP contribution < -0.4 is 0 Å². The highest BCUT2D eigenvalue weighted by Gasteiger charge is 2.47. The lowest BCUT2D eigenvalue weighted by molar-refractivity contribution is -0.130. The summed E-state index contributed by atoms with van der Waals surface area (Å²) in [4.78, 5) is 21.3. The number of aryl methyl sites for hydroxylation is 1. The average Bonchev–Trinajstić information content (AvgIpc) is 2.88. The Kier molecular flexibility index (Phi) is 3.50. The van der Waals surface area contributed by atoms with Crippen molar-refractivity contribution in [3.63, 3.8) is 0 Å². The van der Waals surface area contributed by atoms with E-state index in [4.69, 9.17) is 0 Å². The molecule has 1 aromatic rings. The second-order valence-electron chi connectivity index (χ2n) is 6.26. The Labute approximate surface area is 120 Å². The molecule has 0 radical (unpaired) electrons. The van der Waals surface area contributed by atoms with Crippen LogP contribution in [0.25, 0.3) is 0 Å². The number of carbonyl (C=O) groups is 1. The lowest BCUT2D eigenvalue weighted by atomic mass is 10.1. The molecule has 0 saturated carbocycles. The van der Waals surface area contributed by atoms with Crippen LogP contribution in [0.3, 0.4) is 0 Å². The highest BCUT2D eigenvalue weighted by molar-refractivity contribution is 5.80. The molecule has 0 N–H and O–H groups in total. The topological polar surface area (TPSA) is 36.4 Å². The van der Waals surface area contributed by atoms with Crippen molar-refractivity contribution in [1.82, 2.24) is 14.8 Å². The number of hydrogen-bond donors (Lipinski definition) is 0. The molecule has 4 nitrogen and oxygen atoms in total. The van der Waals surface area contributed by atoms with Crippen LogP contribution in [-0.2, 0) is 11.3 Å². The molecule has 2 fully saturated rings. The molecule has 0 aromatic carbocycles. The number of fused-ring (bicyclic) bond motifs is 1. The lowest BCUT2D eigenvalue weighted by Gasteiger charge is -2.28. The van der Waals surface area contributed by atoms with Gasteiger partial charge in [0, 0.05) is 43.3 Å². The third kappa shape index (κ3) is 2.33. The van der Waals surface area contributed by atoms with Crippen LogP contribution in [0.2, 0.25) is 0 Å². The van der Waals surface area contributed by atoms with Crippen LogP contribution in [0.4, 0.5) is 0 Å². The summed E-state index contributed by atoms with van der Waals surface area (Å²) >= 11 is 0. The Morgan fingerprint density at radius 3 is 2.85 bits per heavy atom. The van der Waals surface area contributed by atoms with E-state index in [1.165, 1.54) is 0 Å². The Balaban J connectivity index is 1.73. The number of amides is 1. The van der Waals surface area contributed by atoms with E-state index in [-0.39, 0.29) is 0 Å². The minimum atomic E-state index is 0.314. The maximum atomic E-state index is 12.2. The van der Waals surface area contributed by atoms with E-state index in [0.29, 0.717) is 30.5 Å². The summed E-state index contributed by atoms with van der Waals surface area (Å²) in [5, 5.41) is 0. The van der Waals surface area contributed by atoms with Crippen molar-refractivity contribution in [2.75, 3.05) is 6.54 Å². The van der Waals surface area contributed by atoms with Crippen LogP contribution >= 0.6 is 0 Å². The van der Waals surface area contributed by atoms with Gasteiger partial charge in [0.25, 0.3) is 0 Å². The summed E-state index contributed by atoms with van der Waals surface area (Å²) in [5.41, 5.74) is 2.17. The molecule has 3 heterocycles. The Bertz CT molecular complexity index is 514. The van der Waals surface area contributed by atoms with Gasteiger partial charge in [-0.25, -0.2) is 0 Å². The van der Waals surface area contributed by atoms with Crippen molar-refractivity contribution in [3.8, 4) is 0 Å². The minimum Gasteiger partial charge on any atom is -0.336 e. The molecule has 4 heteroatoms. The minimum absolute atomic E-state index is 0.314. The smallest absolute Gasteiger partial charge is 0.224 e. The molecule has 2 aliphatic rings. The molecule has 1 aromatic heterocycles. The Morgan fingerprint density at radius 1 is 1.35 bits per heavy atom. The first kappa shape index (κ1) is 13.6. The summed E-state index contributed by atoms with van der Waals surface area (Å²) in [6, 6.07) is 7.27. The third-order valence-corrected chi connectivity index (χ3v) is 4.52. The zero-order valence-corrected chi connectivity index (χ0v) is 12.5. The summed E-state index contributed by atoms with van der Waals surface area (Å²) in [7, 11) is 0. The summed E-state index contributed by atoms with van der Waals surface area (Å²) in [6.07, 6.45) is 1.77. The number of hydrogen-bond acceptors (Lipinski definition) is 3. The fraction of sp³-hybridized carbons (Fsp3) is 0.625. The molecule has 0 spiro atoms. The van der Waals surface area contributed by atoms with E-state index in [1.807, 2.05) is 13.0 Å². The first-order valence-corrected chi connectivity index (χ1v) is 7.54. The number of aromatic nitrogens is 1. The number of nitrogens with zero attached hydrogens (tertiary/aromatic N) is 3. The van der Waals surface area contributed by atoms with E-state index < -0.39 is 0 Å². The van der Waals surface area contributed by atoms with Crippen LogP contribution in [-0.4, -0.2) is 45.4 Å². The average molecular weight is 273 g/mol. The third-order valence-electron chi connectivity index (χ3n) is 4.52. The van der Waals surface area contributed by atoms with Gasteiger partial charge in [-0.15, -0.1) is 0 Å². The lowest BCUT2D eigenvalue weighted by Crippen LogP contribution is -2.41. The van der Waals surface area contributed by atoms with Gasteiger partial charge in [0.05, 0.1) is 5.69 Å². The van der Waals surface area contributed by atoms with Gasteiger partial charge in [-0.3, -0.25) is 14.7 Å². The van der Waals surface area contributed by atoms with Gasteiger partial charge >= 0.3 is 0 Å². The van der Waals surface area contributed by atoms with E-state index in [9.17, 15) is 4.79 Å². The SMILES string of the molecule is Cc1cccc(CN2CC[C@H]3[C@@H]2CC(=O)N3C(C)C)n1. The van der Waals surface area contributed by atoms with E-state index in [1.54, 1.807) is 0 Å². The molecule has 0 aliphatic carbocycles. The summed E-state index contributed by atoms with van der Waals surface area (Å²) in [5.74, 6) is 0.317. The van der Waals surface area contributed by atoms with E-state index in [2.05, 4.69) is 40.8 Å². The van der Waals surface area contributed by atoms with Gasteiger partial charge in [-0.2, -0.15) is 0 Å². The zero-order valence-electron chi connectivity index (χ0n) is 12.5. The van der Waals surface area contributed by atoms with Crippen LogP contribution in [0.15, 0.2) is 18.2 Å². The molecular weight excluding hydrogens is 250 g/mol. The molecule has 0 bridgehead atoms. The van der Waals surface area contributed by atoms with Gasteiger partial charge in [0.1, 0.15) is 0 Å². The normalized spacial score (nSPS) is 26.6. The predicted octanol–water partition coefficient (Wildman–Crippen LogP) is 1.97. The number of carbonyl (C=O) groups excluding carboxylic acids is 1. The van der Waals surface area contributed by atoms with Crippen LogP contribution in [0.1, 0.15) is 38.1 Å². The number of rotatable bonds is 3. The molecule has 2 saturated heterocycles. The fourth-order valence-electron chi connectivity index (χ4n) is 3.72. The van der Waals surface area contributed by atoms with E-state index in [0.717, 1.165) is 30.9 Å². The molecule has 0 unspecified atom stereocenters. The van der Waals surface area contributed by atoms with Crippen LogP contribution in [0.5, 0.6) is 0 Å². The first-order chi connectivity index (χ1) is 9.56. The van der Waals surface area contributed by atoms with Crippen molar-refractivity contribution in [3.05, 3.63) is 29.6 Å². The van der Waals surface area contributed by atoms with Crippen molar-refractivity contribution in [1.29, 1.82) is 0 Å². The summed E-state index contributed by atoms with van der Waals surface area (Å²) in [6.45, 7) is 8.19. The number of likely N-dealkylation sites (tertiary alicyclic amines) is 2. The molecule has 3 rings (SSSR count). The van der Waals surface area contributed by atoms with Crippen molar-refractivity contribution in [2.45, 2.75) is 58.3 Å². The predicted molar refractivity (Wildman–Crippen MR) is 78.2 cm³/mol. The van der Waals surface area contributed by atoms with Gasteiger partial charge in [-0.1, -0.05) is 6.07 Å².